The molecular weight excluding hydrogens is 316 g/mol. The molecule has 0 aromatic heterocycles. The number of hydrogen-bond donors (Lipinski definition) is 2. The van der Waals surface area contributed by atoms with Gasteiger partial charge in [0, 0.05) is 17.7 Å². The van der Waals surface area contributed by atoms with E-state index >= 15 is 0 Å². The molecule has 2 aromatic carbocycles. The van der Waals surface area contributed by atoms with Gasteiger partial charge >= 0.3 is 0 Å². The number of amides is 2. The fourth-order valence-corrected chi connectivity index (χ4v) is 2.45. The first kappa shape index (κ1) is 18.4. The first-order valence-corrected chi connectivity index (χ1v) is 8.23. The lowest BCUT2D eigenvalue weighted by Gasteiger charge is -2.16. The number of hydrogen-bond acceptors (Lipinski definition) is 3. The normalized spacial score (nSPS) is 11.5. The lowest BCUT2D eigenvalue weighted by molar-refractivity contribution is -0.115. The highest BCUT2D eigenvalue weighted by atomic mass is 16.2. The molecule has 0 aliphatic rings. The Labute approximate surface area is 147 Å². The maximum atomic E-state index is 12.5. The molecule has 0 fully saturated rings. The Kier molecular flexibility index (Phi) is 6.06. The van der Waals surface area contributed by atoms with E-state index in [4.69, 9.17) is 0 Å². The van der Waals surface area contributed by atoms with Crippen LogP contribution in [-0.4, -0.2) is 17.6 Å². The van der Waals surface area contributed by atoms with Crippen LogP contribution in [0.3, 0.4) is 0 Å². The van der Waals surface area contributed by atoms with Crippen molar-refractivity contribution in [3.63, 3.8) is 0 Å². The second kappa shape index (κ2) is 8.24. The molecule has 2 aromatic rings. The quantitative estimate of drug-likeness (QED) is 0.788. The third-order valence-electron chi connectivity index (χ3n) is 3.91. The van der Waals surface area contributed by atoms with Crippen LogP contribution < -0.4 is 10.6 Å². The van der Waals surface area contributed by atoms with E-state index in [1.807, 2.05) is 19.1 Å². The average molecular weight is 338 g/mol. The molecule has 0 saturated carbocycles. The van der Waals surface area contributed by atoms with Gasteiger partial charge < -0.3 is 10.6 Å². The monoisotopic (exact) mass is 338 g/mol. The molecular formula is C20H22N2O3. The molecule has 5 heteroatoms. The summed E-state index contributed by atoms with van der Waals surface area (Å²) in [5.74, 6) is -0.481. The molecule has 2 amide bonds. The molecule has 130 valence electrons. The molecule has 0 bridgehead atoms. The van der Waals surface area contributed by atoms with Gasteiger partial charge in [-0.05, 0) is 37.6 Å². The number of Topliss-reactive ketones (excluding diaryl/α,β-unsaturated/α-hetero) is 1. The van der Waals surface area contributed by atoms with Crippen molar-refractivity contribution in [1.82, 2.24) is 5.32 Å². The molecule has 0 heterocycles. The summed E-state index contributed by atoms with van der Waals surface area (Å²) in [5, 5.41) is 5.68. The summed E-state index contributed by atoms with van der Waals surface area (Å²) in [6.45, 7) is 5.10. The highest BCUT2D eigenvalue weighted by Crippen LogP contribution is 2.18. The summed E-state index contributed by atoms with van der Waals surface area (Å²) in [5.41, 5.74) is 2.40. The second-order valence-electron chi connectivity index (χ2n) is 5.82. The molecule has 0 radical (unpaired) electrons. The van der Waals surface area contributed by atoms with Gasteiger partial charge in [-0.25, -0.2) is 0 Å². The Morgan fingerprint density at radius 3 is 2.12 bits per heavy atom. The molecule has 1 unspecified atom stereocenters. The van der Waals surface area contributed by atoms with Crippen molar-refractivity contribution in [3.8, 4) is 0 Å². The number of rotatable bonds is 6. The lowest BCUT2D eigenvalue weighted by Crippen LogP contribution is -2.28. The summed E-state index contributed by atoms with van der Waals surface area (Å²) in [4.78, 5) is 35.5. The van der Waals surface area contributed by atoms with E-state index in [0.29, 0.717) is 17.5 Å². The van der Waals surface area contributed by atoms with Gasteiger partial charge in [-0.1, -0.05) is 37.3 Å². The number of anilines is 1. The Balaban J connectivity index is 2.09. The lowest BCUT2D eigenvalue weighted by atomic mass is 10.0. The Morgan fingerprint density at radius 2 is 1.56 bits per heavy atom. The van der Waals surface area contributed by atoms with Gasteiger partial charge in [-0.2, -0.15) is 0 Å². The van der Waals surface area contributed by atoms with Crippen molar-refractivity contribution in [2.75, 3.05) is 5.32 Å². The third kappa shape index (κ3) is 4.76. The minimum Gasteiger partial charge on any atom is -0.345 e. The molecule has 0 aliphatic carbocycles. The predicted octanol–water partition coefficient (Wildman–Crippen LogP) is 3.73. The van der Waals surface area contributed by atoms with Crippen molar-refractivity contribution in [3.05, 3.63) is 65.2 Å². The topological polar surface area (TPSA) is 75.3 Å². The predicted molar refractivity (Wildman–Crippen MR) is 97.7 cm³/mol. The summed E-state index contributed by atoms with van der Waals surface area (Å²) >= 11 is 0. The number of ketones is 1. The number of carbonyl (C=O) groups excluding carboxylic acids is 3. The maximum Gasteiger partial charge on any atom is 0.252 e. The van der Waals surface area contributed by atoms with E-state index in [1.54, 1.807) is 43.3 Å². The van der Waals surface area contributed by atoms with E-state index in [2.05, 4.69) is 10.6 Å². The minimum atomic E-state index is -0.290. The molecule has 5 nitrogen and oxygen atoms in total. The van der Waals surface area contributed by atoms with Crippen LogP contribution in [-0.2, 0) is 4.79 Å². The van der Waals surface area contributed by atoms with Gasteiger partial charge in [0.05, 0.1) is 11.6 Å². The summed E-state index contributed by atoms with van der Waals surface area (Å²) in [7, 11) is 0. The van der Waals surface area contributed by atoms with Gasteiger partial charge in [0.2, 0.25) is 5.91 Å². The largest absolute Gasteiger partial charge is 0.345 e. The molecule has 25 heavy (non-hydrogen) atoms. The standard InChI is InChI=1S/C20H22N2O3/c1-4-19(24)22-16-11-9-15(10-12-16)13(2)21-20(25)18-8-6-5-7-17(18)14(3)23/h5-13H,4H2,1-3H3,(H,21,25)(H,22,24). The zero-order valence-corrected chi connectivity index (χ0v) is 14.6. The van der Waals surface area contributed by atoms with Crippen LogP contribution in [0.5, 0.6) is 0 Å². The Bertz CT molecular complexity index is 782. The zero-order valence-electron chi connectivity index (χ0n) is 14.6. The highest BCUT2D eigenvalue weighted by Gasteiger charge is 2.16. The first-order chi connectivity index (χ1) is 11.9. The summed E-state index contributed by atoms with van der Waals surface area (Å²) in [6, 6.07) is 13.8. The van der Waals surface area contributed by atoms with Crippen molar-refractivity contribution in [2.24, 2.45) is 0 Å². The van der Waals surface area contributed by atoms with Crippen molar-refractivity contribution in [1.29, 1.82) is 0 Å². The third-order valence-corrected chi connectivity index (χ3v) is 3.91. The fraction of sp³-hybridized carbons (Fsp3) is 0.250. The van der Waals surface area contributed by atoms with E-state index in [-0.39, 0.29) is 23.6 Å². The van der Waals surface area contributed by atoms with Gasteiger partial charge in [0.15, 0.2) is 5.78 Å². The van der Waals surface area contributed by atoms with E-state index < -0.39 is 0 Å². The van der Waals surface area contributed by atoms with Crippen LogP contribution in [0.1, 0.15) is 59.5 Å². The Hall–Kier alpha value is -2.95. The zero-order chi connectivity index (χ0) is 18.4. The van der Waals surface area contributed by atoms with Gasteiger partial charge in [-0.3, -0.25) is 14.4 Å². The fourth-order valence-electron chi connectivity index (χ4n) is 2.45. The molecule has 0 spiro atoms. The van der Waals surface area contributed by atoms with Gasteiger partial charge in [-0.15, -0.1) is 0 Å². The van der Waals surface area contributed by atoms with Crippen LogP contribution in [0.15, 0.2) is 48.5 Å². The maximum absolute atomic E-state index is 12.5. The van der Waals surface area contributed by atoms with Gasteiger partial charge in [0.1, 0.15) is 0 Å². The average Bonchev–Trinajstić information content (AvgIpc) is 2.62. The number of carbonyl (C=O) groups is 3. The molecule has 0 saturated heterocycles. The first-order valence-electron chi connectivity index (χ1n) is 8.23. The van der Waals surface area contributed by atoms with Crippen LogP contribution in [0, 0.1) is 0 Å². The van der Waals surface area contributed by atoms with E-state index in [9.17, 15) is 14.4 Å². The molecule has 2 rings (SSSR count). The highest BCUT2D eigenvalue weighted by molar-refractivity contribution is 6.07. The summed E-state index contributed by atoms with van der Waals surface area (Å²) in [6.07, 6.45) is 0.420. The van der Waals surface area contributed by atoms with Gasteiger partial charge in [0.25, 0.3) is 5.91 Å². The van der Waals surface area contributed by atoms with Crippen molar-refractivity contribution >= 4 is 23.3 Å². The molecule has 1 atom stereocenters. The van der Waals surface area contributed by atoms with Crippen LogP contribution in [0.2, 0.25) is 0 Å². The molecule has 2 N–H and O–H groups in total. The van der Waals surface area contributed by atoms with Crippen LogP contribution >= 0.6 is 0 Å². The number of nitrogens with one attached hydrogen (secondary N) is 2. The smallest absolute Gasteiger partial charge is 0.252 e. The van der Waals surface area contributed by atoms with E-state index in [1.165, 1.54) is 6.92 Å². The minimum absolute atomic E-state index is 0.0464. The van der Waals surface area contributed by atoms with Crippen LogP contribution in [0.25, 0.3) is 0 Å². The van der Waals surface area contributed by atoms with Crippen LogP contribution in [0.4, 0.5) is 5.69 Å². The molecule has 0 aliphatic heterocycles. The van der Waals surface area contributed by atoms with E-state index in [0.717, 1.165) is 11.3 Å². The Morgan fingerprint density at radius 1 is 0.960 bits per heavy atom. The summed E-state index contributed by atoms with van der Waals surface area (Å²) < 4.78 is 0. The van der Waals surface area contributed by atoms with Crippen molar-refractivity contribution in [2.45, 2.75) is 33.2 Å². The van der Waals surface area contributed by atoms with Crippen molar-refractivity contribution < 1.29 is 14.4 Å². The SMILES string of the molecule is CCC(=O)Nc1ccc(C(C)NC(=O)c2ccccc2C(C)=O)cc1. The number of benzene rings is 2. The second-order valence-corrected chi connectivity index (χ2v) is 5.82.